The predicted molar refractivity (Wildman–Crippen MR) is 111 cm³/mol. The minimum atomic E-state index is 0.270. The maximum atomic E-state index is 2.43. The summed E-state index contributed by atoms with van der Waals surface area (Å²) in [4.78, 5) is 2.43. The van der Waals surface area contributed by atoms with Gasteiger partial charge in [-0.2, -0.15) is 0 Å². The van der Waals surface area contributed by atoms with E-state index in [1.165, 1.54) is 44.4 Å². The zero-order valence-electron chi connectivity index (χ0n) is 14.3. The van der Waals surface area contributed by atoms with Crippen LogP contribution in [0.1, 0.15) is 5.56 Å². The van der Waals surface area contributed by atoms with Gasteiger partial charge in [0.2, 0.25) is 0 Å². The van der Waals surface area contributed by atoms with Crippen molar-refractivity contribution >= 4 is 18.0 Å². The van der Waals surface area contributed by atoms with Gasteiger partial charge in [-0.3, -0.25) is 0 Å². The van der Waals surface area contributed by atoms with Crippen molar-refractivity contribution in [3.8, 4) is 22.3 Å². The van der Waals surface area contributed by atoms with Gasteiger partial charge in [-0.1, -0.05) is 85.0 Å². The third-order valence-electron chi connectivity index (χ3n) is 5.70. The van der Waals surface area contributed by atoms with Crippen molar-refractivity contribution < 1.29 is 0 Å². The third-order valence-corrected chi connectivity index (χ3v) is 5.70. The van der Waals surface area contributed by atoms with Crippen molar-refractivity contribution in [3.63, 3.8) is 0 Å². The minimum Gasteiger partial charge on any atom is -0.383 e. The van der Waals surface area contributed by atoms with E-state index in [4.69, 9.17) is 0 Å². The Bertz CT molecular complexity index is 1150. The van der Waals surface area contributed by atoms with Crippen LogP contribution in [0, 0.1) is 0 Å². The Morgan fingerprint density at radius 2 is 1.15 bits per heavy atom. The largest absolute Gasteiger partial charge is 0.383 e. The summed E-state index contributed by atoms with van der Waals surface area (Å²) in [5.74, 6) is 0. The molecule has 0 aromatic heterocycles. The van der Waals surface area contributed by atoms with E-state index in [0.717, 1.165) is 0 Å². The van der Waals surface area contributed by atoms with Crippen molar-refractivity contribution in [3.05, 3.63) is 108 Å². The molecule has 26 heavy (non-hydrogen) atoms. The van der Waals surface area contributed by atoms with Gasteiger partial charge in [0.25, 0.3) is 0 Å². The summed E-state index contributed by atoms with van der Waals surface area (Å²) in [6, 6.07) is 26.4. The van der Waals surface area contributed by atoms with Crippen molar-refractivity contribution in [1.29, 1.82) is 0 Å². The SMILES string of the molecule is C1=CN2B3C1=CC=C3c1ccccc1-c1ccccc1-c1ccccc12. The summed E-state index contributed by atoms with van der Waals surface area (Å²) in [6.07, 6.45) is 9.05. The molecular formula is C24H16BN. The van der Waals surface area contributed by atoms with Crippen LogP contribution >= 0.6 is 0 Å². The summed E-state index contributed by atoms with van der Waals surface area (Å²) in [7, 11) is 0. The van der Waals surface area contributed by atoms with Crippen LogP contribution < -0.4 is 4.81 Å². The highest BCUT2D eigenvalue weighted by Crippen LogP contribution is 2.47. The second kappa shape index (κ2) is 5.12. The molecule has 1 nitrogen and oxygen atoms in total. The summed E-state index contributed by atoms with van der Waals surface area (Å²) in [5.41, 5.74) is 10.5. The van der Waals surface area contributed by atoms with Gasteiger partial charge in [-0.05, 0) is 45.5 Å². The molecule has 0 spiro atoms. The minimum absolute atomic E-state index is 0.270. The van der Waals surface area contributed by atoms with E-state index < -0.39 is 0 Å². The first kappa shape index (κ1) is 14.0. The average molecular weight is 329 g/mol. The molecule has 0 saturated heterocycles. The van der Waals surface area contributed by atoms with Crippen molar-refractivity contribution in [2.24, 2.45) is 0 Å². The Morgan fingerprint density at radius 1 is 0.577 bits per heavy atom. The molecule has 0 aliphatic carbocycles. The molecule has 0 fully saturated rings. The predicted octanol–water partition coefficient (Wildman–Crippen LogP) is 5.76. The van der Waals surface area contributed by atoms with Crippen LogP contribution in [0.15, 0.2) is 103 Å². The lowest BCUT2D eigenvalue weighted by Crippen LogP contribution is -2.33. The molecule has 0 radical (unpaired) electrons. The second-order valence-corrected chi connectivity index (χ2v) is 7.02. The topological polar surface area (TPSA) is 3.24 Å². The molecular weight excluding hydrogens is 313 g/mol. The quantitative estimate of drug-likeness (QED) is 0.474. The van der Waals surface area contributed by atoms with E-state index in [9.17, 15) is 0 Å². The fourth-order valence-corrected chi connectivity index (χ4v) is 4.56. The summed E-state index contributed by atoms with van der Waals surface area (Å²) >= 11 is 0. The molecule has 3 aromatic carbocycles. The number of para-hydroxylation sites is 1. The Hall–Kier alpha value is -3.26. The van der Waals surface area contributed by atoms with Crippen LogP contribution in [0.5, 0.6) is 0 Å². The Balaban J connectivity index is 1.77. The summed E-state index contributed by atoms with van der Waals surface area (Å²) in [6.45, 7) is 0.270. The van der Waals surface area contributed by atoms with Gasteiger partial charge >= 0.3 is 6.85 Å². The standard InChI is InChI=1S/C24H16BN/c1-2-9-20-18(7-1)19-8-3-4-10-21(19)23-14-13-17-15-16-26(25(17)23)24-12-6-5-11-22(20)24/h1-16H. The van der Waals surface area contributed by atoms with E-state index in [0.29, 0.717) is 0 Å². The fraction of sp³-hybridized carbons (Fsp3) is 0. The number of rotatable bonds is 0. The van der Waals surface area contributed by atoms with Gasteiger partial charge in [-0.15, -0.1) is 0 Å². The first-order valence-corrected chi connectivity index (χ1v) is 9.08. The van der Waals surface area contributed by atoms with Gasteiger partial charge in [-0.25, -0.2) is 0 Å². The molecule has 120 valence electrons. The van der Waals surface area contributed by atoms with Crippen LogP contribution in [-0.2, 0) is 0 Å². The number of fused-ring (bicyclic) bond motifs is 7. The lowest BCUT2D eigenvalue weighted by Gasteiger charge is -2.26. The number of benzene rings is 3. The second-order valence-electron chi connectivity index (χ2n) is 7.02. The maximum Gasteiger partial charge on any atom is 0.328 e. The Labute approximate surface area is 153 Å². The van der Waals surface area contributed by atoms with E-state index in [1.807, 2.05) is 0 Å². The van der Waals surface area contributed by atoms with E-state index >= 15 is 0 Å². The number of hydrogen-bond acceptors (Lipinski definition) is 1. The molecule has 2 heteroatoms. The molecule has 3 aromatic rings. The molecule has 0 unspecified atom stereocenters. The van der Waals surface area contributed by atoms with E-state index in [2.05, 4.69) is 102 Å². The molecule has 0 bridgehead atoms. The van der Waals surface area contributed by atoms with Crippen molar-refractivity contribution in [1.82, 2.24) is 0 Å². The van der Waals surface area contributed by atoms with Gasteiger partial charge in [0.15, 0.2) is 0 Å². The number of nitrogens with zero attached hydrogens (tertiary/aromatic N) is 1. The average Bonchev–Trinajstić information content (AvgIpc) is 3.30. The summed E-state index contributed by atoms with van der Waals surface area (Å²) in [5, 5.41) is 0. The van der Waals surface area contributed by atoms with Gasteiger partial charge in [0.1, 0.15) is 0 Å². The highest BCUT2D eigenvalue weighted by atomic mass is 15.1. The monoisotopic (exact) mass is 329 g/mol. The molecule has 3 aliphatic heterocycles. The highest BCUT2D eigenvalue weighted by Gasteiger charge is 2.39. The molecule has 3 heterocycles. The number of hydrogen-bond donors (Lipinski definition) is 0. The summed E-state index contributed by atoms with van der Waals surface area (Å²) < 4.78 is 0. The smallest absolute Gasteiger partial charge is 0.328 e. The molecule has 0 N–H and O–H groups in total. The Morgan fingerprint density at radius 3 is 1.92 bits per heavy atom. The van der Waals surface area contributed by atoms with Crippen LogP contribution in [0.3, 0.4) is 0 Å². The van der Waals surface area contributed by atoms with E-state index in [1.54, 1.807) is 0 Å². The molecule has 0 amide bonds. The fourth-order valence-electron chi connectivity index (χ4n) is 4.56. The number of allylic oxidation sites excluding steroid dienone is 4. The molecule has 6 rings (SSSR count). The first-order chi connectivity index (χ1) is 12.9. The van der Waals surface area contributed by atoms with Gasteiger partial charge in [0.05, 0.1) is 0 Å². The van der Waals surface area contributed by atoms with Crippen LogP contribution in [-0.4, -0.2) is 6.85 Å². The van der Waals surface area contributed by atoms with Crippen LogP contribution in [0.4, 0.5) is 5.69 Å². The molecule has 0 saturated carbocycles. The highest BCUT2D eigenvalue weighted by molar-refractivity contribution is 6.91. The zero-order valence-corrected chi connectivity index (χ0v) is 14.3. The van der Waals surface area contributed by atoms with Gasteiger partial charge < -0.3 is 4.81 Å². The maximum absolute atomic E-state index is 2.43. The zero-order chi connectivity index (χ0) is 17.1. The van der Waals surface area contributed by atoms with Crippen LogP contribution in [0.2, 0.25) is 0 Å². The third kappa shape index (κ3) is 1.76. The van der Waals surface area contributed by atoms with Gasteiger partial charge in [0, 0.05) is 11.3 Å². The molecule has 0 atom stereocenters. The van der Waals surface area contributed by atoms with Crippen molar-refractivity contribution in [2.75, 3.05) is 4.81 Å². The lowest BCUT2D eigenvalue weighted by molar-refractivity contribution is 1.42. The molecule has 3 aliphatic rings. The normalized spacial score (nSPS) is 15.8. The Kier molecular flexibility index (Phi) is 2.75. The van der Waals surface area contributed by atoms with Crippen LogP contribution in [0.25, 0.3) is 27.7 Å². The van der Waals surface area contributed by atoms with E-state index in [-0.39, 0.29) is 6.85 Å². The first-order valence-electron chi connectivity index (χ1n) is 9.08. The van der Waals surface area contributed by atoms with Crippen molar-refractivity contribution in [2.45, 2.75) is 0 Å². The lowest BCUT2D eigenvalue weighted by atomic mass is 9.50. The number of anilines is 1.